The quantitative estimate of drug-likeness (QED) is 0.596. The molecule has 6 heteroatoms. The first-order valence-corrected chi connectivity index (χ1v) is 9.87. The fourth-order valence-electron chi connectivity index (χ4n) is 2.79. The number of rotatable bonds is 10. The van der Waals surface area contributed by atoms with E-state index in [1.54, 1.807) is 31.4 Å². The van der Waals surface area contributed by atoms with Crippen molar-refractivity contribution in [1.29, 1.82) is 0 Å². The van der Waals surface area contributed by atoms with Gasteiger partial charge < -0.3 is 20.1 Å². The van der Waals surface area contributed by atoms with Crippen molar-refractivity contribution < 1.29 is 19.1 Å². The molecule has 2 aromatic carbocycles. The lowest BCUT2D eigenvalue weighted by Gasteiger charge is -2.19. The third-order valence-electron chi connectivity index (χ3n) is 4.66. The number of nitrogens with one attached hydrogen (secondary N) is 2. The summed E-state index contributed by atoms with van der Waals surface area (Å²) < 4.78 is 10.9. The van der Waals surface area contributed by atoms with Crippen LogP contribution in [0, 0.1) is 13.8 Å². The average molecular weight is 399 g/mol. The Morgan fingerprint density at radius 2 is 1.83 bits per heavy atom. The van der Waals surface area contributed by atoms with E-state index in [0.29, 0.717) is 36.6 Å². The van der Waals surface area contributed by atoms with Crippen molar-refractivity contribution in [3.05, 3.63) is 59.2 Å². The molecule has 0 aromatic heterocycles. The minimum atomic E-state index is -0.657. The second-order valence-electron chi connectivity index (χ2n) is 6.90. The molecule has 0 saturated heterocycles. The molecule has 0 saturated carbocycles. The van der Waals surface area contributed by atoms with Gasteiger partial charge in [-0.05, 0) is 62.1 Å². The second kappa shape index (κ2) is 11.2. The minimum Gasteiger partial charge on any atom is -0.481 e. The predicted octanol–water partition coefficient (Wildman–Crippen LogP) is 3.87. The molecule has 0 bridgehead atoms. The summed E-state index contributed by atoms with van der Waals surface area (Å²) in [5.74, 6) is 0.129. The van der Waals surface area contributed by atoms with E-state index in [4.69, 9.17) is 9.47 Å². The molecular weight excluding hydrogens is 368 g/mol. The van der Waals surface area contributed by atoms with E-state index in [9.17, 15) is 9.59 Å². The number of methoxy groups -OCH3 is 1. The van der Waals surface area contributed by atoms with Gasteiger partial charge in [0.25, 0.3) is 11.8 Å². The third kappa shape index (κ3) is 6.61. The van der Waals surface area contributed by atoms with Crippen LogP contribution in [-0.2, 0) is 9.53 Å². The number of hydrogen-bond acceptors (Lipinski definition) is 4. The molecule has 2 amide bonds. The zero-order valence-electron chi connectivity index (χ0n) is 17.6. The van der Waals surface area contributed by atoms with Crippen molar-refractivity contribution >= 4 is 17.5 Å². The summed E-state index contributed by atoms with van der Waals surface area (Å²) in [6.07, 6.45) is 0.567. The molecule has 0 spiro atoms. The van der Waals surface area contributed by atoms with Crippen LogP contribution in [0.4, 0.5) is 5.69 Å². The van der Waals surface area contributed by atoms with Crippen LogP contribution in [0.3, 0.4) is 0 Å². The largest absolute Gasteiger partial charge is 0.481 e. The Hall–Kier alpha value is -2.86. The first-order chi connectivity index (χ1) is 14.0. The smallest absolute Gasteiger partial charge is 0.265 e. The summed E-state index contributed by atoms with van der Waals surface area (Å²) >= 11 is 0. The average Bonchev–Trinajstić information content (AvgIpc) is 2.72. The van der Waals surface area contributed by atoms with E-state index in [2.05, 4.69) is 10.6 Å². The van der Waals surface area contributed by atoms with Gasteiger partial charge in [-0.3, -0.25) is 9.59 Å². The molecule has 0 radical (unpaired) electrons. The van der Waals surface area contributed by atoms with Crippen molar-refractivity contribution in [2.24, 2.45) is 0 Å². The first-order valence-electron chi connectivity index (χ1n) is 9.87. The Labute approximate surface area is 172 Å². The third-order valence-corrected chi connectivity index (χ3v) is 4.66. The number of hydrogen-bond donors (Lipinski definition) is 2. The van der Waals surface area contributed by atoms with Gasteiger partial charge in [-0.1, -0.05) is 25.1 Å². The Kier molecular flexibility index (Phi) is 8.68. The standard InChI is InChI=1S/C23H30N2O4/c1-5-21(29-18-12-11-16(2)17(3)15-18)23(27)25-20-10-7-6-9-19(20)22(26)24-13-8-14-28-4/h6-7,9-12,15,21H,5,8,13-14H2,1-4H3,(H,24,26)(H,25,27). The van der Waals surface area contributed by atoms with Gasteiger partial charge in [-0.2, -0.15) is 0 Å². The van der Waals surface area contributed by atoms with E-state index >= 15 is 0 Å². The first kappa shape index (κ1) is 22.4. The lowest BCUT2D eigenvalue weighted by atomic mass is 10.1. The highest BCUT2D eigenvalue weighted by molar-refractivity contribution is 6.04. The molecule has 156 valence electrons. The number of para-hydroxylation sites is 1. The van der Waals surface area contributed by atoms with E-state index in [1.807, 2.05) is 39.0 Å². The summed E-state index contributed by atoms with van der Waals surface area (Å²) in [6, 6.07) is 12.7. The number of aryl methyl sites for hydroxylation is 2. The summed E-state index contributed by atoms with van der Waals surface area (Å²) in [5, 5.41) is 5.68. The molecule has 0 aliphatic rings. The van der Waals surface area contributed by atoms with Gasteiger partial charge in [0.05, 0.1) is 11.3 Å². The maximum atomic E-state index is 12.8. The number of amides is 2. The SMILES string of the molecule is CCC(Oc1ccc(C)c(C)c1)C(=O)Nc1ccccc1C(=O)NCCCOC. The van der Waals surface area contributed by atoms with Gasteiger partial charge in [0, 0.05) is 20.3 Å². The maximum absolute atomic E-state index is 12.8. The molecule has 1 atom stereocenters. The predicted molar refractivity (Wildman–Crippen MR) is 115 cm³/mol. The number of carbonyl (C=O) groups excluding carboxylic acids is 2. The molecule has 2 N–H and O–H groups in total. The van der Waals surface area contributed by atoms with Crippen molar-refractivity contribution in [3.63, 3.8) is 0 Å². The highest BCUT2D eigenvalue weighted by Crippen LogP contribution is 2.20. The van der Waals surface area contributed by atoms with Gasteiger partial charge >= 0.3 is 0 Å². The van der Waals surface area contributed by atoms with Crippen LogP contribution in [0.15, 0.2) is 42.5 Å². The zero-order valence-corrected chi connectivity index (χ0v) is 17.6. The molecular formula is C23H30N2O4. The highest BCUT2D eigenvalue weighted by Gasteiger charge is 2.21. The Morgan fingerprint density at radius 1 is 1.07 bits per heavy atom. The molecule has 2 aromatic rings. The van der Waals surface area contributed by atoms with Crippen molar-refractivity contribution in [2.45, 2.75) is 39.7 Å². The van der Waals surface area contributed by atoms with E-state index in [1.165, 1.54) is 5.56 Å². The normalized spacial score (nSPS) is 11.6. The van der Waals surface area contributed by atoms with Gasteiger partial charge in [0.15, 0.2) is 6.10 Å². The van der Waals surface area contributed by atoms with Crippen LogP contribution in [0.25, 0.3) is 0 Å². The maximum Gasteiger partial charge on any atom is 0.265 e. The number of benzene rings is 2. The molecule has 2 rings (SSSR count). The zero-order chi connectivity index (χ0) is 21.2. The Morgan fingerprint density at radius 3 is 2.52 bits per heavy atom. The van der Waals surface area contributed by atoms with Crippen LogP contribution in [0.2, 0.25) is 0 Å². The second-order valence-corrected chi connectivity index (χ2v) is 6.90. The molecule has 0 aliphatic heterocycles. The van der Waals surface area contributed by atoms with E-state index < -0.39 is 6.10 Å². The molecule has 0 aliphatic carbocycles. The minimum absolute atomic E-state index is 0.236. The van der Waals surface area contributed by atoms with Gasteiger partial charge in [-0.15, -0.1) is 0 Å². The summed E-state index contributed by atoms with van der Waals surface area (Å²) in [6.45, 7) is 7.00. The van der Waals surface area contributed by atoms with Crippen LogP contribution >= 0.6 is 0 Å². The number of anilines is 1. The fourth-order valence-corrected chi connectivity index (χ4v) is 2.79. The number of ether oxygens (including phenoxy) is 2. The lowest BCUT2D eigenvalue weighted by molar-refractivity contribution is -0.122. The van der Waals surface area contributed by atoms with Gasteiger partial charge in [0.1, 0.15) is 5.75 Å². The van der Waals surface area contributed by atoms with E-state index in [-0.39, 0.29) is 11.8 Å². The van der Waals surface area contributed by atoms with Gasteiger partial charge in [0.2, 0.25) is 0 Å². The highest BCUT2D eigenvalue weighted by atomic mass is 16.5. The Bertz CT molecular complexity index is 835. The Balaban J connectivity index is 2.06. The van der Waals surface area contributed by atoms with Crippen molar-refractivity contribution in [3.8, 4) is 5.75 Å². The molecule has 0 fully saturated rings. The van der Waals surface area contributed by atoms with Crippen LogP contribution in [-0.4, -0.2) is 38.2 Å². The van der Waals surface area contributed by atoms with Crippen molar-refractivity contribution in [2.75, 3.05) is 25.6 Å². The van der Waals surface area contributed by atoms with Crippen LogP contribution in [0.5, 0.6) is 5.75 Å². The molecule has 29 heavy (non-hydrogen) atoms. The topological polar surface area (TPSA) is 76.7 Å². The molecule has 1 unspecified atom stereocenters. The fraction of sp³-hybridized carbons (Fsp3) is 0.391. The monoisotopic (exact) mass is 398 g/mol. The van der Waals surface area contributed by atoms with Gasteiger partial charge in [-0.25, -0.2) is 0 Å². The summed E-state index contributed by atoms with van der Waals surface area (Å²) in [4.78, 5) is 25.3. The summed E-state index contributed by atoms with van der Waals surface area (Å²) in [7, 11) is 1.62. The molecule has 6 nitrogen and oxygen atoms in total. The lowest BCUT2D eigenvalue weighted by Crippen LogP contribution is -2.33. The van der Waals surface area contributed by atoms with Crippen LogP contribution in [0.1, 0.15) is 41.3 Å². The van der Waals surface area contributed by atoms with Crippen molar-refractivity contribution in [1.82, 2.24) is 5.32 Å². The van der Waals surface area contributed by atoms with Crippen LogP contribution < -0.4 is 15.4 Å². The molecule has 0 heterocycles. The van der Waals surface area contributed by atoms with E-state index in [0.717, 1.165) is 12.0 Å². The summed E-state index contributed by atoms with van der Waals surface area (Å²) in [5.41, 5.74) is 3.15. The number of carbonyl (C=O) groups is 2.